The van der Waals surface area contributed by atoms with Crippen molar-refractivity contribution in [1.82, 2.24) is 4.31 Å². The maximum Gasteiger partial charge on any atom is 0.204 e. The minimum absolute atomic E-state index is 0.0561. The van der Waals surface area contributed by atoms with Crippen LogP contribution in [0.5, 0.6) is 5.75 Å². The Hall–Kier alpha value is -1.93. The molecule has 2 atom stereocenters. The maximum atomic E-state index is 11.0. The molecule has 0 amide bonds. The van der Waals surface area contributed by atoms with Crippen molar-refractivity contribution < 1.29 is 18.3 Å². The molecule has 2 aromatic carbocycles. The zero-order chi connectivity index (χ0) is 20.1. The molecule has 150 valence electrons. The Morgan fingerprint density at radius 1 is 1.07 bits per heavy atom. The average molecular weight is 395 g/mol. The van der Waals surface area contributed by atoms with Gasteiger partial charge in [0.1, 0.15) is 5.75 Å². The predicted molar refractivity (Wildman–Crippen MR) is 109 cm³/mol. The normalized spacial score (nSPS) is 13.0. The standard InChI is InChI=1S/C13H22N2O3S.C7H8O/c1-2-8-15(19(17)18)10-13(16)12(14)9-11-6-4-3-5-7-11;1-8-7-5-3-2-4-6-7/h3-7,12-13,16,19H,2,8-10,14H2,1H3;2-6H,1H3/t12-,13+;/m0./s1. The number of ether oxygens (including phenoxy) is 1. The molecule has 27 heavy (non-hydrogen) atoms. The molecule has 0 spiro atoms. The first-order valence-electron chi connectivity index (χ1n) is 8.93. The first-order chi connectivity index (χ1) is 13.0. The molecule has 7 heteroatoms. The quantitative estimate of drug-likeness (QED) is 0.565. The van der Waals surface area contributed by atoms with E-state index in [-0.39, 0.29) is 6.54 Å². The molecule has 0 radical (unpaired) electrons. The predicted octanol–water partition coefficient (Wildman–Crippen LogP) is 1.85. The molecule has 0 unspecified atom stereocenters. The van der Waals surface area contributed by atoms with E-state index < -0.39 is 23.0 Å². The molecule has 0 saturated carbocycles. The summed E-state index contributed by atoms with van der Waals surface area (Å²) in [4.78, 5) is 0. The molecule has 0 fully saturated rings. The zero-order valence-corrected chi connectivity index (χ0v) is 16.8. The fourth-order valence-electron chi connectivity index (χ4n) is 2.43. The van der Waals surface area contributed by atoms with E-state index in [4.69, 9.17) is 10.5 Å². The summed E-state index contributed by atoms with van der Waals surface area (Å²) in [7, 11) is -1.01. The highest BCUT2D eigenvalue weighted by Gasteiger charge is 2.19. The summed E-state index contributed by atoms with van der Waals surface area (Å²) in [5.41, 5.74) is 6.95. The lowest BCUT2D eigenvalue weighted by Gasteiger charge is -2.23. The second-order valence-electron chi connectivity index (χ2n) is 6.09. The second kappa shape index (κ2) is 13.3. The SMILES string of the molecule is CCCN(C[C@@H](O)[C@@H](N)Cc1ccccc1)[SH](=O)=O.COc1ccccc1. The first kappa shape index (κ1) is 23.1. The van der Waals surface area contributed by atoms with Crippen LogP contribution in [0.1, 0.15) is 18.9 Å². The average Bonchev–Trinajstić information content (AvgIpc) is 2.69. The van der Waals surface area contributed by atoms with Crippen molar-refractivity contribution in [2.45, 2.75) is 31.9 Å². The minimum atomic E-state index is -2.67. The van der Waals surface area contributed by atoms with E-state index in [2.05, 4.69) is 0 Å². The molecule has 0 aliphatic rings. The van der Waals surface area contributed by atoms with Gasteiger partial charge in [-0.2, -0.15) is 0 Å². The largest absolute Gasteiger partial charge is 0.497 e. The van der Waals surface area contributed by atoms with Crippen LogP contribution in [0.3, 0.4) is 0 Å². The van der Waals surface area contributed by atoms with Crippen LogP contribution in [0.15, 0.2) is 60.7 Å². The van der Waals surface area contributed by atoms with E-state index in [9.17, 15) is 13.5 Å². The molecule has 0 bridgehead atoms. The van der Waals surface area contributed by atoms with Crippen molar-refractivity contribution in [2.75, 3.05) is 20.2 Å². The van der Waals surface area contributed by atoms with Gasteiger partial charge in [-0.05, 0) is 30.5 Å². The van der Waals surface area contributed by atoms with Gasteiger partial charge in [-0.25, -0.2) is 12.7 Å². The minimum Gasteiger partial charge on any atom is -0.497 e. The molecule has 0 aliphatic carbocycles. The monoisotopic (exact) mass is 394 g/mol. The van der Waals surface area contributed by atoms with Gasteiger partial charge < -0.3 is 15.6 Å². The van der Waals surface area contributed by atoms with Crippen molar-refractivity contribution >= 4 is 10.9 Å². The second-order valence-corrected chi connectivity index (χ2v) is 7.13. The zero-order valence-electron chi connectivity index (χ0n) is 15.9. The fourth-order valence-corrected chi connectivity index (χ4v) is 3.09. The van der Waals surface area contributed by atoms with Gasteiger partial charge in [-0.1, -0.05) is 55.5 Å². The highest BCUT2D eigenvalue weighted by Crippen LogP contribution is 2.07. The van der Waals surface area contributed by atoms with Crippen LogP contribution in [0.4, 0.5) is 0 Å². The molecule has 3 N–H and O–H groups in total. The van der Waals surface area contributed by atoms with Gasteiger partial charge in [0.25, 0.3) is 0 Å². The number of nitrogens with zero attached hydrogens (tertiary/aromatic N) is 1. The van der Waals surface area contributed by atoms with Crippen molar-refractivity contribution in [2.24, 2.45) is 5.73 Å². The lowest BCUT2D eigenvalue weighted by Crippen LogP contribution is -2.44. The van der Waals surface area contributed by atoms with E-state index in [0.29, 0.717) is 19.4 Å². The third-order valence-corrected chi connectivity index (χ3v) is 4.72. The maximum absolute atomic E-state index is 11.0. The highest BCUT2D eigenvalue weighted by atomic mass is 32.2. The van der Waals surface area contributed by atoms with Gasteiger partial charge >= 0.3 is 0 Å². The van der Waals surface area contributed by atoms with Crippen molar-refractivity contribution in [3.05, 3.63) is 66.2 Å². The summed E-state index contributed by atoms with van der Waals surface area (Å²) in [6.45, 7) is 2.36. The van der Waals surface area contributed by atoms with Gasteiger partial charge in [0, 0.05) is 19.1 Å². The third kappa shape index (κ3) is 9.53. The summed E-state index contributed by atoms with van der Waals surface area (Å²) in [5, 5.41) is 9.99. The Bertz CT molecular complexity index is 688. The Morgan fingerprint density at radius 2 is 1.63 bits per heavy atom. The summed E-state index contributed by atoms with van der Waals surface area (Å²) >= 11 is 0. The Balaban J connectivity index is 0.000000377. The molecule has 6 nitrogen and oxygen atoms in total. The van der Waals surface area contributed by atoms with E-state index in [1.165, 1.54) is 4.31 Å². The first-order valence-corrected chi connectivity index (χ1v) is 10.1. The van der Waals surface area contributed by atoms with Gasteiger partial charge in [-0.15, -0.1) is 0 Å². The molecular formula is C20H30N2O4S. The highest BCUT2D eigenvalue weighted by molar-refractivity contribution is 7.69. The fraction of sp³-hybridized carbons (Fsp3) is 0.400. The topological polar surface area (TPSA) is 92.9 Å². The molecule has 0 aromatic heterocycles. The number of hydrogen-bond acceptors (Lipinski definition) is 5. The lowest BCUT2D eigenvalue weighted by atomic mass is 10.0. The molecule has 0 aliphatic heterocycles. The van der Waals surface area contributed by atoms with Gasteiger partial charge in [0.2, 0.25) is 10.9 Å². The van der Waals surface area contributed by atoms with E-state index >= 15 is 0 Å². The van der Waals surface area contributed by atoms with Crippen LogP contribution in [-0.4, -0.2) is 50.2 Å². The molecule has 2 rings (SSSR count). The van der Waals surface area contributed by atoms with Crippen LogP contribution in [-0.2, 0) is 17.3 Å². The van der Waals surface area contributed by atoms with Crippen molar-refractivity contribution in [1.29, 1.82) is 0 Å². The van der Waals surface area contributed by atoms with Crippen molar-refractivity contribution in [3.8, 4) is 5.75 Å². The number of hydrogen-bond donors (Lipinski definition) is 3. The van der Waals surface area contributed by atoms with Crippen LogP contribution in [0.25, 0.3) is 0 Å². The van der Waals surface area contributed by atoms with Gasteiger partial charge in [0.05, 0.1) is 13.2 Å². The summed E-state index contributed by atoms with van der Waals surface area (Å²) in [6, 6.07) is 18.8. The number of thiol groups is 1. The summed E-state index contributed by atoms with van der Waals surface area (Å²) in [5.74, 6) is 0.910. The number of aliphatic hydroxyl groups is 1. The van der Waals surface area contributed by atoms with E-state index in [1.54, 1.807) is 7.11 Å². The number of aliphatic hydroxyl groups excluding tert-OH is 1. The van der Waals surface area contributed by atoms with Gasteiger partial charge in [0.15, 0.2) is 0 Å². The molecule has 2 aromatic rings. The Labute approximate surface area is 163 Å². The van der Waals surface area contributed by atoms with Gasteiger partial charge in [-0.3, -0.25) is 0 Å². The Morgan fingerprint density at radius 3 is 2.07 bits per heavy atom. The number of methoxy groups -OCH3 is 1. The number of benzene rings is 2. The van der Waals surface area contributed by atoms with Crippen LogP contribution in [0.2, 0.25) is 0 Å². The van der Waals surface area contributed by atoms with Crippen molar-refractivity contribution in [3.63, 3.8) is 0 Å². The molecular weight excluding hydrogens is 364 g/mol. The summed E-state index contributed by atoms with van der Waals surface area (Å²) in [6.07, 6.45) is 0.376. The number of nitrogens with two attached hydrogens (primary N) is 1. The molecule has 0 heterocycles. The van der Waals surface area contributed by atoms with Crippen LogP contribution in [0, 0.1) is 0 Å². The lowest BCUT2D eigenvalue weighted by molar-refractivity contribution is 0.120. The third-order valence-electron chi connectivity index (χ3n) is 3.90. The van der Waals surface area contributed by atoms with E-state index in [1.807, 2.05) is 67.6 Å². The smallest absolute Gasteiger partial charge is 0.204 e. The van der Waals surface area contributed by atoms with Crippen LogP contribution >= 0.6 is 0 Å². The molecule has 0 saturated heterocycles. The number of rotatable bonds is 9. The Kier molecular flexibility index (Phi) is 11.4. The summed E-state index contributed by atoms with van der Waals surface area (Å²) < 4.78 is 28.2. The van der Waals surface area contributed by atoms with Crippen LogP contribution < -0.4 is 10.5 Å². The number of para-hydroxylation sites is 1. The van der Waals surface area contributed by atoms with E-state index in [0.717, 1.165) is 11.3 Å².